The quantitative estimate of drug-likeness (QED) is 0.814. The lowest BCUT2D eigenvalue weighted by Gasteiger charge is -2.17. The Morgan fingerprint density at radius 2 is 2.29 bits per heavy atom. The number of hydrogen-bond acceptors (Lipinski definition) is 4. The average Bonchev–Trinajstić information content (AvgIpc) is 2.65. The first-order chi connectivity index (χ1) is 8.02. The minimum Gasteiger partial charge on any atom is -0.394 e. The molecule has 94 valence electrons. The fourth-order valence-corrected chi connectivity index (χ4v) is 2.19. The molecule has 17 heavy (non-hydrogen) atoms. The molecule has 0 spiro atoms. The van der Waals surface area contributed by atoms with E-state index < -0.39 is 24.3 Å². The van der Waals surface area contributed by atoms with E-state index in [1.165, 1.54) is 0 Å². The number of aliphatic hydroxyl groups is 1. The van der Waals surface area contributed by atoms with E-state index in [9.17, 15) is 8.78 Å². The Balaban J connectivity index is 2.38. The summed E-state index contributed by atoms with van der Waals surface area (Å²) in [4.78, 5) is 2.45. The second-order valence-electron chi connectivity index (χ2n) is 3.73. The molecule has 1 aliphatic rings. The third-order valence-electron chi connectivity index (χ3n) is 2.53. The highest BCUT2D eigenvalue weighted by Crippen LogP contribution is 2.31. The van der Waals surface area contributed by atoms with Gasteiger partial charge in [0.05, 0.1) is 12.7 Å². The van der Waals surface area contributed by atoms with Gasteiger partial charge in [0.2, 0.25) is 0 Å². The maximum absolute atomic E-state index is 13.7. The molecule has 0 aromatic carbocycles. The summed E-state index contributed by atoms with van der Waals surface area (Å²) in [5, 5.41) is 8.89. The van der Waals surface area contributed by atoms with Crippen LogP contribution in [0.1, 0.15) is 12.6 Å². The monoisotopic (exact) mass is 280 g/mol. The van der Waals surface area contributed by atoms with E-state index in [4.69, 9.17) is 22.1 Å². The first-order valence-electron chi connectivity index (χ1n) is 4.94. The first kappa shape index (κ1) is 12.7. The normalized spacial score (nSPS) is 28.5. The molecule has 1 aliphatic heterocycles. The summed E-state index contributed by atoms with van der Waals surface area (Å²) >= 11 is 9.59. The molecule has 8 heteroatoms. The number of nitrogens with one attached hydrogen (secondary N) is 1. The number of aromatic nitrogens is 2. The molecule has 2 N–H and O–H groups in total. The molecule has 3 unspecified atom stereocenters. The SMILES string of the molecule is OCC1CC(F)C(n2cc(F)c(=S)[nH]c2=S)O1. The zero-order valence-electron chi connectivity index (χ0n) is 8.60. The van der Waals surface area contributed by atoms with Crippen LogP contribution in [0.4, 0.5) is 8.78 Å². The van der Waals surface area contributed by atoms with Crippen LogP contribution >= 0.6 is 24.4 Å². The number of H-pyrrole nitrogens is 1. The largest absolute Gasteiger partial charge is 0.394 e. The highest BCUT2D eigenvalue weighted by Gasteiger charge is 2.36. The van der Waals surface area contributed by atoms with Gasteiger partial charge in [0.1, 0.15) is 10.8 Å². The van der Waals surface area contributed by atoms with Crippen LogP contribution in [-0.4, -0.2) is 33.5 Å². The second-order valence-corrected chi connectivity index (χ2v) is 4.52. The highest BCUT2D eigenvalue weighted by molar-refractivity contribution is 7.72. The van der Waals surface area contributed by atoms with E-state index in [0.717, 1.165) is 10.8 Å². The van der Waals surface area contributed by atoms with Crippen molar-refractivity contribution in [1.82, 2.24) is 9.55 Å². The van der Waals surface area contributed by atoms with Gasteiger partial charge in [-0.3, -0.25) is 4.57 Å². The van der Waals surface area contributed by atoms with Crippen molar-refractivity contribution in [2.75, 3.05) is 6.61 Å². The highest BCUT2D eigenvalue weighted by atomic mass is 32.1. The van der Waals surface area contributed by atoms with Gasteiger partial charge in [0, 0.05) is 12.6 Å². The Morgan fingerprint density at radius 3 is 2.88 bits per heavy atom. The molecular formula is C9H10F2N2O2S2. The number of aliphatic hydroxyl groups excluding tert-OH is 1. The van der Waals surface area contributed by atoms with Crippen molar-refractivity contribution in [2.24, 2.45) is 0 Å². The van der Waals surface area contributed by atoms with Crippen LogP contribution < -0.4 is 0 Å². The third-order valence-corrected chi connectivity index (χ3v) is 3.14. The lowest BCUT2D eigenvalue weighted by molar-refractivity contribution is -0.0388. The van der Waals surface area contributed by atoms with Gasteiger partial charge in [-0.1, -0.05) is 12.2 Å². The summed E-state index contributed by atoms with van der Waals surface area (Å²) in [7, 11) is 0. The Kier molecular flexibility index (Phi) is 3.67. The van der Waals surface area contributed by atoms with Crippen molar-refractivity contribution < 1.29 is 18.6 Å². The van der Waals surface area contributed by atoms with Gasteiger partial charge in [0.25, 0.3) is 0 Å². The molecule has 1 saturated heterocycles. The van der Waals surface area contributed by atoms with E-state index in [2.05, 4.69) is 17.2 Å². The Hall–Kier alpha value is -0.700. The molecule has 2 heterocycles. The maximum atomic E-state index is 13.7. The molecule has 4 nitrogen and oxygen atoms in total. The molecule has 0 aliphatic carbocycles. The van der Waals surface area contributed by atoms with Crippen LogP contribution in [0, 0.1) is 15.2 Å². The van der Waals surface area contributed by atoms with Crippen LogP contribution in [0.5, 0.6) is 0 Å². The summed E-state index contributed by atoms with van der Waals surface area (Å²) in [6, 6.07) is 0. The Labute approximate surface area is 106 Å². The first-order valence-corrected chi connectivity index (χ1v) is 5.76. The van der Waals surface area contributed by atoms with Crippen LogP contribution in [0.2, 0.25) is 0 Å². The number of nitrogens with zero attached hydrogens (tertiary/aromatic N) is 1. The second kappa shape index (κ2) is 4.89. The molecule has 0 saturated carbocycles. The van der Waals surface area contributed by atoms with Gasteiger partial charge in [-0.2, -0.15) is 0 Å². The van der Waals surface area contributed by atoms with Crippen molar-refractivity contribution in [3.63, 3.8) is 0 Å². The molecule has 1 aromatic rings. The fourth-order valence-electron chi connectivity index (χ4n) is 1.71. The molecule has 1 fully saturated rings. The number of aromatic amines is 1. The van der Waals surface area contributed by atoms with Gasteiger partial charge in [-0.25, -0.2) is 8.78 Å². The van der Waals surface area contributed by atoms with Crippen molar-refractivity contribution in [3.05, 3.63) is 21.4 Å². The van der Waals surface area contributed by atoms with Crippen molar-refractivity contribution in [1.29, 1.82) is 0 Å². The predicted octanol–water partition coefficient (Wildman–Crippen LogP) is 2.03. The molecular weight excluding hydrogens is 270 g/mol. The zero-order valence-corrected chi connectivity index (χ0v) is 10.2. The van der Waals surface area contributed by atoms with Gasteiger partial charge in [-0.15, -0.1) is 0 Å². The van der Waals surface area contributed by atoms with Crippen LogP contribution in [0.15, 0.2) is 6.20 Å². The summed E-state index contributed by atoms with van der Waals surface area (Å²) in [5.41, 5.74) is 0. The van der Waals surface area contributed by atoms with Crippen molar-refractivity contribution >= 4 is 24.4 Å². The fraction of sp³-hybridized carbons (Fsp3) is 0.556. The summed E-state index contributed by atoms with van der Waals surface area (Å²) < 4.78 is 33.3. The molecule has 0 bridgehead atoms. The van der Waals surface area contributed by atoms with E-state index in [-0.39, 0.29) is 22.4 Å². The topological polar surface area (TPSA) is 50.2 Å². The molecule has 0 amide bonds. The molecule has 0 radical (unpaired) electrons. The average molecular weight is 280 g/mol. The van der Waals surface area contributed by atoms with Gasteiger partial charge in [-0.05, 0) is 12.2 Å². The number of alkyl halides is 1. The summed E-state index contributed by atoms with van der Waals surface area (Å²) in [6.45, 7) is -0.282. The summed E-state index contributed by atoms with van der Waals surface area (Å²) in [6.07, 6.45) is -1.90. The van der Waals surface area contributed by atoms with Crippen molar-refractivity contribution in [2.45, 2.75) is 24.9 Å². The van der Waals surface area contributed by atoms with Crippen LogP contribution in [-0.2, 0) is 4.74 Å². The van der Waals surface area contributed by atoms with Crippen LogP contribution in [0.25, 0.3) is 0 Å². The lowest BCUT2D eigenvalue weighted by Crippen LogP contribution is -2.19. The van der Waals surface area contributed by atoms with Gasteiger partial charge in [0.15, 0.2) is 16.8 Å². The third kappa shape index (κ3) is 2.44. The maximum Gasteiger partial charge on any atom is 0.180 e. The molecule has 2 rings (SSSR count). The lowest BCUT2D eigenvalue weighted by atomic mass is 10.2. The number of hydrogen-bond donors (Lipinski definition) is 2. The number of ether oxygens (including phenoxy) is 1. The molecule has 1 aromatic heterocycles. The van der Waals surface area contributed by atoms with Crippen LogP contribution in [0.3, 0.4) is 0 Å². The minimum atomic E-state index is -1.34. The Morgan fingerprint density at radius 1 is 1.59 bits per heavy atom. The van der Waals surface area contributed by atoms with E-state index in [0.29, 0.717) is 0 Å². The molecule has 3 atom stereocenters. The minimum absolute atomic E-state index is 0.0557. The Bertz CT molecular complexity index is 530. The number of rotatable bonds is 2. The predicted molar refractivity (Wildman–Crippen MR) is 60.9 cm³/mol. The number of halogens is 2. The van der Waals surface area contributed by atoms with E-state index >= 15 is 0 Å². The zero-order chi connectivity index (χ0) is 12.6. The smallest absolute Gasteiger partial charge is 0.180 e. The van der Waals surface area contributed by atoms with Gasteiger partial charge < -0.3 is 14.8 Å². The standard InChI is InChI=1S/C9H10F2N2O2S2/c10-5-1-4(3-14)15-8(5)13-2-6(11)7(16)12-9(13)17/h2,4-5,8,14H,1,3H2,(H,12,16,17). The van der Waals surface area contributed by atoms with E-state index in [1.54, 1.807) is 0 Å². The van der Waals surface area contributed by atoms with E-state index in [1.807, 2.05) is 0 Å². The van der Waals surface area contributed by atoms with Gasteiger partial charge >= 0.3 is 0 Å². The van der Waals surface area contributed by atoms with Crippen molar-refractivity contribution in [3.8, 4) is 0 Å². The summed E-state index contributed by atoms with van der Waals surface area (Å²) in [5.74, 6) is -0.697.